The Bertz CT molecular complexity index is 528. The maximum Gasteiger partial charge on any atom is 0.134 e. The SMILES string of the molecule is CCCOc1ccc2occ(CNC3CC3)c2c1. The van der Waals surface area contributed by atoms with E-state index in [9.17, 15) is 0 Å². The second-order valence-electron chi connectivity index (χ2n) is 4.92. The van der Waals surface area contributed by atoms with E-state index in [4.69, 9.17) is 9.15 Å². The fourth-order valence-electron chi connectivity index (χ4n) is 2.05. The first-order chi connectivity index (χ1) is 8.86. The Hall–Kier alpha value is -1.48. The van der Waals surface area contributed by atoms with Gasteiger partial charge in [-0.1, -0.05) is 6.92 Å². The predicted octanol–water partition coefficient (Wildman–Crippen LogP) is 3.47. The first kappa shape index (κ1) is 11.6. The molecule has 1 aromatic heterocycles. The van der Waals surface area contributed by atoms with Crippen LogP contribution in [0.25, 0.3) is 11.0 Å². The number of hydrogen-bond donors (Lipinski definition) is 1. The molecule has 0 radical (unpaired) electrons. The molecule has 1 aliphatic carbocycles. The van der Waals surface area contributed by atoms with Gasteiger partial charge in [0.15, 0.2) is 0 Å². The summed E-state index contributed by atoms with van der Waals surface area (Å²) in [4.78, 5) is 0. The van der Waals surface area contributed by atoms with E-state index >= 15 is 0 Å². The van der Waals surface area contributed by atoms with Crippen molar-refractivity contribution in [2.45, 2.75) is 38.8 Å². The van der Waals surface area contributed by atoms with Crippen molar-refractivity contribution in [1.29, 1.82) is 0 Å². The van der Waals surface area contributed by atoms with Gasteiger partial charge in [-0.25, -0.2) is 0 Å². The summed E-state index contributed by atoms with van der Waals surface area (Å²) in [6.07, 6.45) is 5.49. The van der Waals surface area contributed by atoms with Crippen molar-refractivity contribution in [2.75, 3.05) is 6.61 Å². The summed E-state index contributed by atoms with van der Waals surface area (Å²) in [6.45, 7) is 3.76. The summed E-state index contributed by atoms with van der Waals surface area (Å²) in [5.41, 5.74) is 2.16. The summed E-state index contributed by atoms with van der Waals surface area (Å²) in [5.74, 6) is 0.929. The van der Waals surface area contributed by atoms with E-state index in [1.54, 1.807) is 0 Å². The van der Waals surface area contributed by atoms with E-state index < -0.39 is 0 Å². The van der Waals surface area contributed by atoms with Crippen LogP contribution in [0.2, 0.25) is 0 Å². The van der Waals surface area contributed by atoms with Gasteiger partial charge in [0.05, 0.1) is 12.9 Å². The van der Waals surface area contributed by atoms with Crippen molar-refractivity contribution in [1.82, 2.24) is 5.32 Å². The van der Waals surface area contributed by atoms with Gasteiger partial charge in [0.1, 0.15) is 11.3 Å². The largest absolute Gasteiger partial charge is 0.494 e. The highest BCUT2D eigenvalue weighted by atomic mass is 16.5. The fraction of sp³-hybridized carbons (Fsp3) is 0.467. The lowest BCUT2D eigenvalue weighted by molar-refractivity contribution is 0.318. The van der Waals surface area contributed by atoms with E-state index in [2.05, 4.69) is 18.3 Å². The second kappa shape index (κ2) is 5.02. The molecule has 0 aliphatic heterocycles. The molecule has 0 amide bonds. The molecule has 0 unspecified atom stereocenters. The summed E-state index contributed by atoms with van der Waals surface area (Å²) in [5, 5.41) is 4.68. The zero-order valence-corrected chi connectivity index (χ0v) is 10.7. The number of ether oxygens (including phenoxy) is 1. The minimum atomic E-state index is 0.717. The summed E-state index contributed by atoms with van der Waals surface area (Å²) >= 11 is 0. The number of nitrogens with one attached hydrogen (secondary N) is 1. The molecule has 1 fully saturated rings. The molecule has 1 heterocycles. The average Bonchev–Trinajstić information content (AvgIpc) is 3.14. The molecule has 0 bridgehead atoms. The highest BCUT2D eigenvalue weighted by Crippen LogP contribution is 2.27. The van der Waals surface area contributed by atoms with Crippen molar-refractivity contribution < 1.29 is 9.15 Å². The molecule has 18 heavy (non-hydrogen) atoms. The number of benzene rings is 1. The van der Waals surface area contributed by atoms with Crippen LogP contribution in [-0.4, -0.2) is 12.6 Å². The predicted molar refractivity (Wildman–Crippen MR) is 71.9 cm³/mol. The van der Waals surface area contributed by atoms with E-state index in [0.29, 0.717) is 0 Å². The van der Waals surface area contributed by atoms with Crippen LogP contribution in [0.1, 0.15) is 31.7 Å². The lowest BCUT2D eigenvalue weighted by Gasteiger charge is -2.05. The van der Waals surface area contributed by atoms with Crippen LogP contribution in [0.4, 0.5) is 0 Å². The van der Waals surface area contributed by atoms with Gasteiger partial charge in [-0.15, -0.1) is 0 Å². The number of furan rings is 1. The zero-order chi connectivity index (χ0) is 12.4. The molecule has 2 aromatic rings. The van der Waals surface area contributed by atoms with Crippen LogP contribution in [-0.2, 0) is 6.54 Å². The maximum atomic E-state index is 5.66. The first-order valence-electron chi connectivity index (χ1n) is 6.73. The molecular formula is C15H19NO2. The summed E-state index contributed by atoms with van der Waals surface area (Å²) < 4.78 is 11.2. The van der Waals surface area contributed by atoms with Crippen LogP contribution >= 0.6 is 0 Å². The molecule has 0 atom stereocenters. The number of hydrogen-bond acceptors (Lipinski definition) is 3. The van der Waals surface area contributed by atoms with Gasteiger partial charge in [0, 0.05) is 23.5 Å². The maximum absolute atomic E-state index is 5.66. The highest BCUT2D eigenvalue weighted by molar-refractivity contribution is 5.82. The minimum Gasteiger partial charge on any atom is -0.494 e. The normalized spacial score (nSPS) is 15.2. The summed E-state index contributed by atoms with van der Waals surface area (Å²) in [7, 11) is 0. The quantitative estimate of drug-likeness (QED) is 0.846. The summed E-state index contributed by atoms with van der Waals surface area (Å²) in [6, 6.07) is 6.76. The Labute approximate surface area is 107 Å². The van der Waals surface area contributed by atoms with Crippen LogP contribution < -0.4 is 10.1 Å². The number of rotatable bonds is 6. The highest BCUT2D eigenvalue weighted by Gasteiger charge is 2.20. The van der Waals surface area contributed by atoms with E-state index in [0.717, 1.165) is 42.3 Å². The Morgan fingerprint density at radius 2 is 2.28 bits per heavy atom. The monoisotopic (exact) mass is 245 g/mol. The number of fused-ring (bicyclic) bond motifs is 1. The molecule has 3 rings (SSSR count). The molecular weight excluding hydrogens is 226 g/mol. The zero-order valence-electron chi connectivity index (χ0n) is 10.7. The Kier molecular flexibility index (Phi) is 3.24. The van der Waals surface area contributed by atoms with Crippen molar-refractivity contribution in [3.8, 4) is 5.75 Å². The van der Waals surface area contributed by atoms with Gasteiger partial charge in [0.2, 0.25) is 0 Å². The third kappa shape index (κ3) is 2.51. The molecule has 1 aliphatic rings. The Morgan fingerprint density at radius 3 is 3.06 bits per heavy atom. The first-order valence-corrected chi connectivity index (χ1v) is 6.73. The molecule has 96 valence electrons. The molecule has 1 aromatic carbocycles. The third-order valence-corrected chi connectivity index (χ3v) is 3.26. The molecule has 0 spiro atoms. The third-order valence-electron chi connectivity index (χ3n) is 3.26. The Morgan fingerprint density at radius 1 is 1.39 bits per heavy atom. The smallest absolute Gasteiger partial charge is 0.134 e. The fourth-order valence-corrected chi connectivity index (χ4v) is 2.05. The van der Waals surface area contributed by atoms with Gasteiger partial charge in [0.25, 0.3) is 0 Å². The van der Waals surface area contributed by atoms with Gasteiger partial charge in [-0.3, -0.25) is 0 Å². The van der Waals surface area contributed by atoms with Crippen LogP contribution in [0.5, 0.6) is 5.75 Å². The molecule has 0 saturated heterocycles. The van der Waals surface area contributed by atoms with E-state index in [1.165, 1.54) is 18.4 Å². The standard InChI is InChI=1S/C15H19NO2/c1-2-7-17-13-5-6-15-14(8-13)11(10-18-15)9-16-12-3-4-12/h5-6,8,10,12,16H,2-4,7,9H2,1H3. The van der Waals surface area contributed by atoms with Crippen molar-refractivity contribution in [3.05, 3.63) is 30.0 Å². The lowest BCUT2D eigenvalue weighted by Crippen LogP contribution is -2.14. The van der Waals surface area contributed by atoms with Crippen molar-refractivity contribution >= 4 is 11.0 Å². The van der Waals surface area contributed by atoms with Crippen LogP contribution in [0.15, 0.2) is 28.9 Å². The Balaban J connectivity index is 1.79. The molecule has 1 saturated carbocycles. The van der Waals surface area contributed by atoms with Crippen molar-refractivity contribution in [2.24, 2.45) is 0 Å². The van der Waals surface area contributed by atoms with E-state index in [1.807, 2.05) is 18.4 Å². The van der Waals surface area contributed by atoms with Gasteiger partial charge in [-0.05, 0) is 37.5 Å². The van der Waals surface area contributed by atoms with Gasteiger partial charge >= 0.3 is 0 Å². The topological polar surface area (TPSA) is 34.4 Å². The average molecular weight is 245 g/mol. The van der Waals surface area contributed by atoms with Crippen LogP contribution in [0, 0.1) is 0 Å². The lowest BCUT2D eigenvalue weighted by atomic mass is 10.1. The van der Waals surface area contributed by atoms with Crippen molar-refractivity contribution in [3.63, 3.8) is 0 Å². The molecule has 3 nitrogen and oxygen atoms in total. The molecule has 3 heteroatoms. The van der Waals surface area contributed by atoms with Gasteiger partial charge in [-0.2, -0.15) is 0 Å². The minimum absolute atomic E-state index is 0.717. The van der Waals surface area contributed by atoms with Gasteiger partial charge < -0.3 is 14.5 Å². The molecule has 1 N–H and O–H groups in total. The second-order valence-corrected chi connectivity index (χ2v) is 4.92. The van der Waals surface area contributed by atoms with Crippen LogP contribution in [0.3, 0.4) is 0 Å². The van der Waals surface area contributed by atoms with E-state index in [-0.39, 0.29) is 0 Å².